The summed E-state index contributed by atoms with van der Waals surface area (Å²) in [6, 6.07) is 0. The second kappa shape index (κ2) is 4.64. The molecule has 0 amide bonds. The molecule has 0 atom stereocenters. The van der Waals surface area contributed by atoms with Gasteiger partial charge in [0.05, 0.1) is 19.3 Å². The Labute approximate surface area is 97.4 Å². The molecule has 0 aliphatic heterocycles. The molecular weight excluding hydrogens is 222 g/mol. The molecule has 8 heteroatoms. The molecule has 2 heterocycles. The maximum absolute atomic E-state index is 8.47. The van der Waals surface area contributed by atoms with E-state index in [-0.39, 0.29) is 11.7 Å². The average Bonchev–Trinajstić information content (AvgIpc) is 2.94. The van der Waals surface area contributed by atoms with Crippen LogP contribution in [0.3, 0.4) is 0 Å². The number of nitrogens with two attached hydrogens (primary N) is 1. The molecule has 0 aliphatic carbocycles. The molecule has 2 aromatic heterocycles. The molecule has 0 aromatic carbocycles. The fraction of sp³-hybridized carbons (Fsp3) is 0.333. The molecule has 3 N–H and O–H groups in total. The Hall–Kier alpha value is -2.38. The lowest BCUT2D eigenvalue weighted by molar-refractivity contribution is 0.318. The van der Waals surface area contributed by atoms with Gasteiger partial charge in [0.25, 0.3) is 0 Å². The van der Waals surface area contributed by atoms with Crippen LogP contribution < -0.4 is 5.73 Å². The van der Waals surface area contributed by atoms with Crippen LogP contribution in [-0.4, -0.2) is 35.6 Å². The second-order valence-electron chi connectivity index (χ2n) is 3.60. The van der Waals surface area contributed by atoms with Crippen molar-refractivity contribution in [3.63, 3.8) is 0 Å². The summed E-state index contributed by atoms with van der Waals surface area (Å²) in [6.07, 6.45) is 5.27. The summed E-state index contributed by atoms with van der Waals surface area (Å²) in [5.74, 6) is 0.114. The number of nitrogens with zero attached hydrogens (tertiary/aromatic N) is 6. The van der Waals surface area contributed by atoms with Crippen molar-refractivity contribution in [2.24, 2.45) is 10.9 Å². The molecule has 8 nitrogen and oxygen atoms in total. The Morgan fingerprint density at radius 1 is 1.47 bits per heavy atom. The van der Waals surface area contributed by atoms with Gasteiger partial charge in [-0.15, -0.1) is 5.10 Å². The molecule has 90 valence electrons. The summed E-state index contributed by atoms with van der Waals surface area (Å²) >= 11 is 0. The van der Waals surface area contributed by atoms with Gasteiger partial charge in [0.15, 0.2) is 0 Å². The average molecular weight is 235 g/mol. The van der Waals surface area contributed by atoms with Gasteiger partial charge < -0.3 is 10.9 Å². The highest BCUT2D eigenvalue weighted by atomic mass is 16.4. The topological polar surface area (TPSA) is 107 Å². The Morgan fingerprint density at radius 2 is 2.24 bits per heavy atom. The molecule has 0 saturated carbocycles. The third-order valence-electron chi connectivity index (χ3n) is 2.19. The standard InChI is InChI=1S/C9H13N7O/c1-7-4-12-15(5-7)2-3-16-6-11-9(13-16)8(10)14-17/h4-6,17H,2-3H2,1H3,(H2,10,14). The first kappa shape index (κ1) is 11.1. The third kappa shape index (κ3) is 2.60. The van der Waals surface area contributed by atoms with Crippen LogP contribution in [0, 0.1) is 6.92 Å². The first-order chi connectivity index (χ1) is 8.19. The zero-order chi connectivity index (χ0) is 12.3. The predicted octanol–water partition coefficient (Wildman–Crippen LogP) is -0.422. The Morgan fingerprint density at radius 3 is 2.88 bits per heavy atom. The second-order valence-corrected chi connectivity index (χ2v) is 3.60. The lowest BCUT2D eigenvalue weighted by Crippen LogP contribution is -2.16. The van der Waals surface area contributed by atoms with Gasteiger partial charge in [0.1, 0.15) is 6.33 Å². The Bertz CT molecular complexity index is 527. The van der Waals surface area contributed by atoms with E-state index < -0.39 is 0 Å². The van der Waals surface area contributed by atoms with Crippen LogP contribution in [0.2, 0.25) is 0 Å². The molecule has 17 heavy (non-hydrogen) atoms. The van der Waals surface area contributed by atoms with Gasteiger partial charge in [-0.1, -0.05) is 5.16 Å². The lowest BCUT2D eigenvalue weighted by atomic mass is 10.4. The van der Waals surface area contributed by atoms with Gasteiger partial charge in [0.2, 0.25) is 11.7 Å². The van der Waals surface area contributed by atoms with Crippen LogP contribution in [-0.2, 0) is 13.1 Å². The number of aromatic nitrogens is 5. The van der Waals surface area contributed by atoms with Gasteiger partial charge in [-0.3, -0.25) is 9.36 Å². The SMILES string of the molecule is Cc1cnn(CCn2cnc(C(N)=NO)n2)c1. The highest BCUT2D eigenvalue weighted by Crippen LogP contribution is 1.96. The maximum atomic E-state index is 8.47. The highest BCUT2D eigenvalue weighted by molar-refractivity contribution is 5.93. The zero-order valence-electron chi connectivity index (χ0n) is 9.35. The van der Waals surface area contributed by atoms with Crippen molar-refractivity contribution in [3.8, 4) is 0 Å². The molecule has 2 aromatic rings. The summed E-state index contributed by atoms with van der Waals surface area (Å²) in [7, 11) is 0. The summed E-state index contributed by atoms with van der Waals surface area (Å²) in [6.45, 7) is 3.29. The summed E-state index contributed by atoms with van der Waals surface area (Å²) in [5, 5.41) is 19.5. The highest BCUT2D eigenvalue weighted by Gasteiger charge is 2.05. The van der Waals surface area contributed by atoms with Gasteiger partial charge in [-0.25, -0.2) is 4.98 Å². The van der Waals surface area contributed by atoms with Crippen molar-refractivity contribution in [2.75, 3.05) is 0 Å². The normalized spacial score (nSPS) is 11.9. The van der Waals surface area contributed by atoms with Gasteiger partial charge in [-0.05, 0) is 12.5 Å². The van der Waals surface area contributed by atoms with Crippen molar-refractivity contribution in [2.45, 2.75) is 20.0 Å². The fourth-order valence-electron chi connectivity index (χ4n) is 1.36. The molecule has 0 unspecified atom stereocenters. The minimum absolute atomic E-state index is 0.0984. The van der Waals surface area contributed by atoms with Crippen molar-refractivity contribution < 1.29 is 5.21 Å². The molecule has 0 saturated heterocycles. The predicted molar refractivity (Wildman–Crippen MR) is 59.5 cm³/mol. The van der Waals surface area contributed by atoms with Crippen LogP contribution in [0.25, 0.3) is 0 Å². The third-order valence-corrected chi connectivity index (χ3v) is 2.19. The van der Waals surface area contributed by atoms with E-state index in [9.17, 15) is 0 Å². The quantitative estimate of drug-likeness (QED) is 0.324. The van der Waals surface area contributed by atoms with Crippen molar-refractivity contribution in [3.05, 3.63) is 30.1 Å². The number of hydrogen-bond acceptors (Lipinski definition) is 5. The van der Waals surface area contributed by atoms with Crippen molar-refractivity contribution in [1.82, 2.24) is 24.5 Å². The fourth-order valence-corrected chi connectivity index (χ4v) is 1.36. The number of oxime groups is 1. The van der Waals surface area contributed by atoms with Crippen LogP contribution in [0.1, 0.15) is 11.4 Å². The number of amidine groups is 1. The minimum Gasteiger partial charge on any atom is -0.409 e. The maximum Gasteiger partial charge on any atom is 0.219 e. The molecule has 0 aliphatic rings. The number of hydrogen-bond donors (Lipinski definition) is 2. The molecule has 0 radical (unpaired) electrons. The van der Waals surface area contributed by atoms with E-state index in [0.717, 1.165) is 5.56 Å². The zero-order valence-corrected chi connectivity index (χ0v) is 9.35. The van der Waals surface area contributed by atoms with E-state index >= 15 is 0 Å². The van der Waals surface area contributed by atoms with Crippen LogP contribution >= 0.6 is 0 Å². The summed E-state index contributed by atoms with van der Waals surface area (Å²) < 4.78 is 3.44. The van der Waals surface area contributed by atoms with Gasteiger partial charge in [0, 0.05) is 6.20 Å². The molecular formula is C9H13N7O. The Balaban J connectivity index is 1.98. The van der Waals surface area contributed by atoms with E-state index in [1.807, 2.05) is 17.8 Å². The minimum atomic E-state index is -0.0984. The van der Waals surface area contributed by atoms with Crippen LogP contribution in [0.5, 0.6) is 0 Å². The lowest BCUT2D eigenvalue weighted by Gasteiger charge is -2.00. The van der Waals surface area contributed by atoms with Crippen molar-refractivity contribution >= 4 is 5.84 Å². The first-order valence-corrected chi connectivity index (χ1v) is 5.05. The first-order valence-electron chi connectivity index (χ1n) is 5.05. The largest absolute Gasteiger partial charge is 0.409 e. The van der Waals surface area contributed by atoms with E-state index in [0.29, 0.717) is 13.1 Å². The van der Waals surface area contributed by atoms with Crippen molar-refractivity contribution in [1.29, 1.82) is 0 Å². The molecule has 2 rings (SSSR count). The van der Waals surface area contributed by atoms with E-state index in [4.69, 9.17) is 10.9 Å². The van der Waals surface area contributed by atoms with Crippen LogP contribution in [0.15, 0.2) is 23.9 Å². The van der Waals surface area contributed by atoms with Gasteiger partial charge >= 0.3 is 0 Å². The monoisotopic (exact) mass is 235 g/mol. The van der Waals surface area contributed by atoms with Gasteiger partial charge in [-0.2, -0.15) is 5.10 Å². The van der Waals surface area contributed by atoms with E-state index in [2.05, 4.69) is 20.3 Å². The summed E-state index contributed by atoms with van der Waals surface area (Å²) in [4.78, 5) is 3.91. The smallest absolute Gasteiger partial charge is 0.219 e. The molecule has 0 bridgehead atoms. The van der Waals surface area contributed by atoms with E-state index in [1.54, 1.807) is 10.9 Å². The number of aryl methyl sites for hydroxylation is 3. The summed E-state index contributed by atoms with van der Waals surface area (Å²) in [5.41, 5.74) is 6.47. The number of rotatable bonds is 4. The Kier molecular flexibility index (Phi) is 3.03. The van der Waals surface area contributed by atoms with E-state index in [1.165, 1.54) is 6.33 Å². The molecule has 0 fully saturated rings. The van der Waals surface area contributed by atoms with Crippen LogP contribution in [0.4, 0.5) is 0 Å². The molecule has 0 spiro atoms.